The van der Waals surface area contributed by atoms with Gasteiger partial charge in [0.15, 0.2) is 0 Å². The van der Waals surface area contributed by atoms with Crippen molar-refractivity contribution in [1.29, 1.82) is 0 Å². The SMILES string of the molecule is Cc1cc(C(=O)O)cc(C(=O)O)c1.c1ccncc1. The number of carboxylic acids is 2. The summed E-state index contributed by atoms with van der Waals surface area (Å²) < 4.78 is 0. The average molecular weight is 259 g/mol. The van der Waals surface area contributed by atoms with Crippen LogP contribution in [0.15, 0.2) is 48.8 Å². The van der Waals surface area contributed by atoms with Crippen molar-refractivity contribution in [2.45, 2.75) is 6.92 Å². The molecule has 0 radical (unpaired) electrons. The molecular formula is C14H13NO4. The van der Waals surface area contributed by atoms with E-state index in [0.717, 1.165) is 6.07 Å². The van der Waals surface area contributed by atoms with Crippen molar-refractivity contribution in [1.82, 2.24) is 4.98 Å². The summed E-state index contributed by atoms with van der Waals surface area (Å²) in [5.41, 5.74) is 0.618. The topological polar surface area (TPSA) is 87.5 Å². The van der Waals surface area contributed by atoms with Gasteiger partial charge in [-0.25, -0.2) is 9.59 Å². The molecule has 2 N–H and O–H groups in total. The normalized spacial score (nSPS) is 9.11. The lowest BCUT2D eigenvalue weighted by molar-refractivity contribution is 0.0696. The standard InChI is InChI=1S/C9H8O4.C5H5N/c1-5-2-6(8(10)11)4-7(3-5)9(12)13;1-2-4-6-5-3-1/h2-4H,1H3,(H,10,11)(H,12,13);1-5H. The van der Waals surface area contributed by atoms with Crippen molar-refractivity contribution in [3.63, 3.8) is 0 Å². The quantitative estimate of drug-likeness (QED) is 0.865. The third-order valence-electron chi connectivity index (χ3n) is 2.14. The lowest BCUT2D eigenvalue weighted by atomic mass is 10.1. The number of carbonyl (C=O) groups is 2. The van der Waals surface area contributed by atoms with Crippen LogP contribution in [0.5, 0.6) is 0 Å². The Kier molecular flexibility index (Phi) is 5.22. The molecule has 5 heteroatoms. The van der Waals surface area contributed by atoms with Crippen LogP contribution in [-0.2, 0) is 0 Å². The summed E-state index contributed by atoms with van der Waals surface area (Å²) in [5, 5.41) is 17.2. The van der Waals surface area contributed by atoms with Gasteiger partial charge in [-0.15, -0.1) is 0 Å². The smallest absolute Gasteiger partial charge is 0.335 e. The van der Waals surface area contributed by atoms with Crippen molar-refractivity contribution in [3.8, 4) is 0 Å². The van der Waals surface area contributed by atoms with E-state index in [1.807, 2.05) is 18.2 Å². The van der Waals surface area contributed by atoms with Gasteiger partial charge in [-0.3, -0.25) is 4.98 Å². The van der Waals surface area contributed by atoms with Gasteiger partial charge in [-0.1, -0.05) is 6.07 Å². The second kappa shape index (κ2) is 6.90. The molecule has 0 atom stereocenters. The van der Waals surface area contributed by atoms with Gasteiger partial charge >= 0.3 is 11.9 Å². The zero-order chi connectivity index (χ0) is 14.3. The Hall–Kier alpha value is -2.69. The molecule has 0 fully saturated rings. The number of aromatic nitrogens is 1. The van der Waals surface area contributed by atoms with Crippen LogP contribution in [0, 0.1) is 6.92 Å². The number of aromatic carboxylic acids is 2. The minimum Gasteiger partial charge on any atom is -0.478 e. The van der Waals surface area contributed by atoms with Crippen molar-refractivity contribution >= 4 is 11.9 Å². The van der Waals surface area contributed by atoms with E-state index < -0.39 is 11.9 Å². The lowest BCUT2D eigenvalue weighted by Crippen LogP contribution is -2.02. The monoisotopic (exact) mass is 259 g/mol. The summed E-state index contributed by atoms with van der Waals surface area (Å²) in [4.78, 5) is 24.9. The van der Waals surface area contributed by atoms with E-state index in [1.165, 1.54) is 12.1 Å². The third-order valence-corrected chi connectivity index (χ3v) is 2.14. The maximum absolute atomic E-state index is 10.5. The molecule has 98 valence electrons. The maximum Gasteiger partial charge on any atom is 0.335 e. The zero-order valence-corrected chi connectivity index (χ0v) is 10.3. The third kappa shape index (κ3) is 4.99. The van der Waals surface area contributed by atoms with E-state index >= 15 is 0 Å². The first-order valence-corrected chi connectivity index (χ1v) is 5.44. The van der Waals surface area contributed by atoms with E-state index in [2.05, 4.69) is 4.98 Å². The first-order valence-electron chi connectivity index (χ1n) is 5.44. The average Bonchev–Trinajstić information content (AvgIpc) is 2.40. The molecule has 0 amide bonds. The lowest BCUT2D eigenvalue weighted by Gasteiger charge is -1.99. The Labute approximate surface area is 110 Å². The first kappa shape index (κ1) is 14.4. The van der Waals surface area contributed by atoms with Gasteiger partial charge in [0.2, 0.25) is 0 Å². The number of carboxylic acid groups (broad SMARTS) is 2. The Morgan fingerprint density at radius 3 is 1.63 bits per heavy atom. The fourth-order valence-corrected chi connectivity index (χ4v) is 1.34. The van der Waals surface area contributed by atoms with Crippen LogP contribution in [0.3, 0.4) is 0 Å². The van der Waals surface area contributed by atoms with Gasteiger partial charge < -0.3 is 10.2 Å². The fourth-order valence-electron chi connectivity index (χ4n) is 1.34. The van der Waals surface area contributed by atoms with E-state index in [-0.39, 0.29) is 11.1 Å². The van der Waals surface area contributed by atoms with E-state index in [4.69, 9.17) is 10.2 Å². The molecule has 2 aromatic rings. The number of hydrogen-bond acceptors (Lipinski definition) is 3. The highest BCUT2D eigenvalue weighted by molar-refractivity contribution is 5.94. The highest BCUT2D eigenvalue weighted by Gasteiger charge is 2.09. The summed E-state index contributed by atoms with van der Waals surface area (Å²) in [5.74, 6) is -2.24. The number of pyridine rings is 1. The molecule has 0 bridgehead atoms. The number of rotatable bonds is 2. The summed E-state index contributed by atoms with van der Waals surface area (Å²) >= 11 is 0. The second-order valence-corrected chi connectivity index (χ2v) is 3.72. The van der Waals surface area contributed by atoms with E-state index in [0.29, 0.717) is 5.56 Å². The summed E-state index contributed by atoms with van der Waals surface area (Å²) in [7, 11) is 0. The molecule has 1 aromatic heterocycles. The molecule has 0 spiro atoms. The van der Waals surface area contributed by atoms with Gasteiger partial charge in [0, 0.05) is 12.4 Å². The molecule has 0 aliphatic carbocycles. The van der Waals surface area contributed by atoms with Crippen molar-refractivity contribution < 1.29 is 19.8 Å². The molecule has 1 aromatic carbocycles. The van der Waals surface area contributed by atoms with E-state index in [9.17, 15) is 9.59 Å². The van der Waals surface area contributed by atoms with Crippen molar-refractivity contribution in [3.05, 3.63) is 65.5 Å². The molecular weight excluding hydrogens is 246 g/mol. The van der Waals surface area contributed by atoms with Crippen LogP contribution < -0.4 is 0 Å². The highest BCUT2D eigenvalue weighted by Crippen LogP contribution is 2.09. The van der Waals surface area contributed by atoms with Crippen molar-refractivity contribution in [2.75, 3.05) is 0 Å². The Morgan fingerprint density at radius 1 is 0.895 bits per heavy atom. The number of aryl methyl sites for hydroxylation is 1. The molecule has 0 aliphatic heterocycles. The highest BCUT2D eigenvalue weighted by atomic mass is 16.4. The van der Waals surface area contributed by atoms with Crippen LogP contribution >= 0.6 is 0 Å². The number of benzene rings is 1. The van der Waals surface area contributed by atoms with Gasteiger partial charge in [0.05, 0.1) is 11.1 Å². The molecule has 0 saturated heterocycles. The molecule has 5 nitrogen and oxygen atoms in total. The van der Waals surface area contributed by atoms with Crippen LogP contribution in [0.2, 0.25) is 0 Å². The first-order chi connectivity index (χ1) is 9.00. The van der Waals surface area contributed by atoms with E-state index in [1.54, 1.807) is 19.3 Å². The Morgan fingerprint density at radius 2 is 1.37 bits per heavy atom. The van der Waals surface area contributed by atoms with Gasteiger partial charge in [0.25, 0.3) is 0 Å². The minimum atomic E-state index is -1.12. The molecule has 2 rings (SSSR count). The maximum atomic E-state index is 10.5. The van der Waals surface area contributed by atoms with Crippen LogP contribution in [-0.4, -0.2) is 27.1 Å². The minimum absolute atomic E-state index is 0.00241. The predicted molar refractivity (Wildman–Crippen MR) is 69.3 cm³/mol. The Balaban J connectivity index is 0.000000250. The fraction of sp³-hybridized carbons (Fsp3) is 0.0714. The molecule has 0 unspecified atom stereocenters. The largest absolute Gasteiger partial charge is 0.478 e. The van der Waals surface area contributed by atoms with Crippen LogP contribution in [0.1, 0.15) is 26.3 Å². The number of hydrogen-bond donors (Lipinski definition) is 2. The number of nitrogens with zero attached hydrogens (tertiary/aromatic N) is 1. The molecule has 0 aliphatic rings. The van der Waals surface area contributed by atoms with Crippen LogP contribution in [0.4, 0.5) is 0 Å². The van der Waals surface area contributed by atoms with Crippen molar-refractivity contribution in [2.24, 2.45) is 0 Å². The zero-order valence-electron chi connectivity index (χ0n) is 10.3. The van der Waals surface area contributed by atoms with Gasteiger partial charge in [0.1, 0.15) is 0 Å². The Bertz CT molecular complexity index is 508. The predicted octanol–water partition coefficient (Wildman–Crippen LogP) is 2.47. The molecule has 19 heavy (non-hydrogen) atoms. The summed E-state index contributed by atoms with van der Waals surface area (Å²) in [6.45, 7) is 1.65. The summed E-state index contributed by atoms with van der Waals surface area (Å²) in [6.07, 6.45) is 3.50. The molecule has 0 saturated carbocycles. The van der Waals surface area contributed by atoms with Gasteiger partial charge in [-0.2, -0.15) is 0 Å². The van der Waals surface area contributed by atoms with Crippen LogP contribution in [0.25, 0.3) is 0 Å². The molecule has 1 heterocycles. The second-order valence-electron chi connectivity index (χ2n) is 3.72. The van der Waals surface area contributed by atoms with Gasteiger partial charge in [-0.05, 0) is 42.8 Å². The summed E-state index contributed by atoms with van der Waals surface area (Å²) in [6, 6.07) is 9.70.